The molecule has 0 bridgehead atoms. The van der Waals surface area contributed by atoms with Crippen molar-refractivity contribution >= 4 is 10.9 Å². The van der Waals surface area contributed by atoms with Gasteiger partial charge in [0.15, 0.2) is 0 Å². The molecule has 0 aliphatic carbocycles. The molecule has 0 amide bonds. The van der Waals surface area contributed by atoms with Crippen LogP contribution in [0.1, 0.15) is 22.4 Å². The van der Waals surface area contributed by atoms with Crippen LogP contribution in [0.2, 0.25) is 0 Å². The van der Waals surface area contributed by atoms with Crippen molar-refractivity contribution in [2.45, 2.75) is 5.67 Å². The molecule has 0 saturated heterocycles. The third-order valence-electron chi connectivity index (χ3n) is 6.33. The van der Waals surface area contributed by atoms with Crippen LogP contribution in [-0.4, -0.2) is 14.1 Å². The second-order valence-corrected chi connectivity index (χ2v) is 8.33. The molecular formula is C29H22FN3O. The molecule has 2 aromatic heterocycles. The fourth-order valence-corrected chi connectivity index (χ4v) is 4.51. The van der Waals surface area contributed by atoms with Crippen molar-refractivity contribution in [3.63, 3.8) is 0 Å². The van der Waals surface area contributed by atoms with Crippen LogP contribution >= 0.6 is 0 Å². The SMILES string of the molecule is C#Cc1cccc(-c2cc(=O)n(C)c3ccc([C@](F)(c4ccccc4)c4cncn4C)cc23)c1. The Hall–Kier alpha value is -4.43. The van der Waals surface area contributed by atoms with Gasteiger partial charge in [-0.1, -0.05) is 54.5 Å². The van der Waals surface area contributed by atoms with Crippen LogP contribution in [0, 0.1) is 12.3 Å². The normalized spacial score (nSPS) is 12.9. The van der Waals surface area contributed by atoms with Gasteiger partial charge in [-0.3, -0.25) is 4.79 Å². The Morgan fingerprint density at radius 3 is 2.44 bits per heavy atom. The van der Waals surface area contributed by atoms with Crippen LogP contribution in [0.4, 0.5) is 4.39 Å². The minimum Gasteiger partial charge on any atom is -0.334 e. The summed E-state index contributed by atoms with van der Waals surface area (Å²) in [4.78, 5) is 16.9. The van der Waals surface area contributed by atoms with E-state index in [-0.39, 0.29) is 5.56 Å². The molecule has 0 radical (unpaired) electrons. The summed E-state index contributed by atoms with van der Waals surface area (Å²) in [6.07, 6.45) is 8.75. The number of alkyl halides is 1. The summed E-state index contributed by atoms with van der Waals surface area (Å²) in [5.74, 6) is 2.64. The summed E-state index contributed by atoms with van der Waals surface area (Å²) >= 11 is 0. The Morgan fingerprint density at radius 2 is 1.74 bits per heavy atom. The second-order valence-electron chi connectivity index (χ2n) is 8.33. The minimum absolute atomic E-state index is 0.150. The van der Waals surface area contributed by atoms with Crippen molar-refractivity contribution in [3.05, 3.63) is 124 Å². The lowest BCUT2D eigenvalue weighted by Gasteiger charge is -2.27. The number of imidazole rings is 1. The van der Waals surface area contributed by atoms with Crippen LogP contribution in [-0.2, 0) is 19.8 Å². The largest absolute Gasteiger partial charge is 0.334 e. The van der Waals surface area contributed by atoms with E-state index in [1.165, 1.54) is 0 Å². The molecule has 34 heavy (non-hydrogen) atoms. The van der Waals surface area contributed by atoms with Gasteiger partial charge in [0.05, 0.1) is 23.7 Å². The number of terminal acetylenes is 1. The zero-order valence-electron chi connectivity index (χ0n) is 18.9. The van der Waals surface area contributed by atoms with Gasteiger partial charge in [0.25, 0.3) is 5.56 Å². The Morgan fingerprint density at radius 1 is 0.941 bits per heavy atom. The predicted octanol–water partition coefficient (Wildman–Crippen LogP) is 5.18. The van der Waals surface area contributed by atoms with E-state index >= 15 is 4.39 Å². The Bertz CT molecular complexity index is 1630. The van der Waals surface area contributed by atoms with Crippen LogP contribution < -0.4 is 5.56 Å². The molecule has 0 unspecified atom stereocenters. The van der Waals surface area contributed by atoms with Crippen molar-refractivity contribution in [2.24, 2.45) is 14.1 Å². The van der Waals surface area contributed by atoms with Gasteiger partial charge in [-0.25, -0.2) is 9.37 Å². The zero-order valence-corrected chi connectivity index (χ0v) is 18.9. The fourth-order valence-electron chi connectivity index (χ4n) is 4.51. The highest BCUT2D eigenvalue weighted by Crippen LogP contribution is 2.42. The summed E-state index contributed by atoms with van der Waals surface area (Å²) in [7, 11) is 3.49. The van der Waals surface area contributed by atoms with Gasteiger partial charge in [-0.05, 0) is 41.0 Å². The third kappa shape index (κ3) is 3.32. The van der Waals surface area contributed by atoms with Crippen molar-refractivity contribution in [3.8, 4) is 23.5 Å². The molecule has 1 atom stereocenters. The molecule has 5 aromatic rings. The number of fused-ring (bicyclic) bond motifs is 1. The van der Waals surface area contributed by atoms with E-state index in [9.17, 15) is 4.79 Å². The smallest absolute Gasteiger partial charge is 0.251 e. The Kier molecular flexibility index (Phi) is 5.14. The van der Waals surface area contributed by atoms with E-state index < -0.39 is 5.67 Å². The molecule has 166 valence electrons. The maximum Gasteiger partial charge on any atom is 0.251 e. The molecule has 0 aliphatic rings. The number of benzene rings is 3. The zero-order chi connectivity index (χ0) is 23.9. The lowest BCUT2D eigenvalue weighted by Crippen LogP contribution is -2.26. The number of hydrogen-bond donors (Lipinski definition) is 0. The quantitative estimate of drug-likeness (QED) is 0.356. The van der Waals surface area contributed by atoms with Crippen LogP contribution in [0.25, 0.3) is 22.0 Å². The first-order chi connectivity index (χ1) is 16.4. The first kappa shape index (κ1) is 21.4. The lowest BCUT2D eigenvalue weighted by atomic mass is 9.84. The fraction of sp³-hybridized carbons (Fsp3) is 0.103. The van der Waals surface area contributed by atoms with Gasteiger partial charge < -0.3 is 9.13 Å². The highest BCUT2D eigenvalue weighted by Gasteiger charge is 2.39. The summed E-state index contributed by atoms with van der Waals surface area (Å²) in [5.41, 5.74) is 2.19. The molecule has 3 aromatic carbocycles. The Balaban J connectivity index is 1.84. The highest BCUT2D eigenvalue weighted by molar-refractivity contribution is 5.95. The van der Waals surface area contributed by atoms with E-state index in [0.717, 1.165) is 10.9 Å². The third-order valence-corrected chi connectivity index (χ3v) is 6.33. The number of aromatic nitrogens is 3. The maximum atomic E-state index is 17.3. The number of aryl methyl sites for hydroxylation is 2. The standard InChI is InChI=1S/C29H22FN3O/c1-4-20-9-8-10-21(15-20)24-17-28(34)33(3)26-14-13-23(16-25(24)26)29(30,22-11-6-5-7-12-22)27-18-31-19-32(27)2/h1,5-19H,2-3H3/t29-/m1/s1. The van der Waals surface area contributed by atoms with E-state index in [0.29, 0.717) is 33.5 Å². The van der Waals surface area contributed by atoms with E-state index in [1.807, 2.05) is 48.5 Å². The first-order valence-corrected chi connectivity index (χ1v) is 10.9. The molecule has 0 aliphatic heterocycles. The van der Waals surface area contributed by atoms with Gasteiger partial charge in [0.2, 0.25) is 5.67 Å². The van der Waals surface area contributed by atoms with E-state index in [4.69, 9.17) is 6.42 Å². The molecule has 0 N–H and O–H groups in total. The number of hydrogen-bond acceptors (Lipinski definition) is 2. The predicted molar refractivity (Wildman–Crippen MR) is 133 cm³/mol. The number of nitrogens with zero attached hydrogens (tertiary/aromatic N) is 3. The average Bonchev–Trinajstić information content (AvgIpc) is 3.32. The topological polar surface area (TPSA) is 39.8 Å². The Labute approximate surface area is 197 Å². The molecule has 0 spiro atoms. The van der Waals surface area contributed by atoms with Gasteiger partial charge in [-0.2, -0.15) is 0 Å². The second kappa shape index (κ2) is 8.17. The summed E-state index contributed by atoms with van der Waals surface area (Å²) in [6.45, 7) is 0. The average molecular weight is 448 g/mol. The van der Waals surface area contributed by atoms with Crippen LogP contribution in [0.5, 0.6) is 0 Å². The first-order valence-electron chi connectivity index (χ1n) is 10.9. The van der Waals surface area contributed by atoms with Crippen LogP contribution in [0.3, 0.4) is 0 Å². The van der Waals surface area contributed by atoms with Crippen LogP contribution in [0.15, 0.2) is 96.2 Å². The number of pyridine rings is 1. The molecule has 4 nitrogen and oxygen atoms in total. The lowest BCUT2D eigenvalue weighted by molar-refractivity contribution is 0.267. The molecule has 0 saturated carbocycles. The molecular weight excluding hydrogens is 425 g/mol. The van der Waals surface area contributed by atoms with E-state index in [1.54, 1.807) is 66.1 Å². The minimum atomic E-state index is -1.95. The van der Waals surface area contributed by atoms with Gasteiger partial charge in [0, 0.05) is 36.7 Å². The molecule has 5 heteroatoms. The van der Waals surface area contributed by atoms with Gasteiger partial charge in [0.1, 0.15) is 0 Å². The molecule has 5 rings (SSSR count). The summed E-state index contributed by atoms with van der Waals surface area (Å²) in [6, 6.07) is 23.5. The van der Waals surface area contributed by atoms with Gasteiger partial charge in [-0.15, -0.1) is 6.42 Å². The van der Waals surface area contributed by atoms with Crippen molar-refractivity contribution in [1.82, 2.24) is 14.1 Å². The number of rotatable bonds is 4. The van der Waals surface area contributed by atoms with Crippen molar-refractivity contribution in [1.29, 1.82) is 0 Å². The van der Waals surface area contributed by atoms with Gasteiger partial charge >= 0.3 is 0 Å². The van der Waals surface area contributed by atoms with Crippen molar-refractivity contribution in [2.75, 3.05) is 0 Å². The molecule has 2 heterocycles. The monoisotopic (exact) mass is 447 g/mol. The van der Waals surface area contributed by atoms with Crippen molar-refractivity contribution < 1.29 is 4.39 Å². The summed E-state index contributed by atoms with van der Waals surface area (Å²) in [5, 5.41) is 0.758. The van der Waals surface area contributed by atoms with E-state index in [2.05, 4.69) is 10.9 Å². The molecule has 0 fully saturated rings. The maximum absolute atomic E-state index is 17.3. The summed E-state index contributed by atoms with van der Waals surface area (Å²) < 4.78 is 20.5. The highest BCUT2D eigenvalue weighted by atomic mass is 19.1. The number of halogens is 1.